The van der Waals surface area contributed by atoms with Crippen molar-refractivity contribution in [2.75, 3.05) is 19.8 Å². The van der Waals surface area contributed by atoms with Crippen molar-refractivity contribution in [3.05, 3.63) is 52.5 Å². The van der Waals surface area contributed by atoms with Crippen LogP contribution in [-0.4, -0.2) is 47.1 Å². The summed E-state index contributed by atoms with van der Waals surface area (Å²) < 4.78 is 10.8. The Morgan fingerprint density at radius 3 is 2.45 bits per heavy atom. The summed E-state index contributed by atoms with van der Waals surface area (Å²) in [5.74, 6) is -0.215. The molecule has 0 radical (unpaired) electrons. The van der Waals surface area contributed by atoms with E-state index in [2.05, 4.69) is 5.32 Å². The molecular weight excluding hydrogens is 398 g/mol. The lowest BCUT2D eigenvalue weighted by Gasteiger charge is -2.21. The van der Waals surface area contributed by atoms with E-state index in [1.165, 1.54) is 12.1 Å². The summed E-state index contributed by atoms with van der Waals surface area (Å²) in [7, 11) is 0. The first-order chi connectivity index (χ1) is 13.8. The van der Waals surface area contributed by atoms with Crippen LogP contribution in [0, 0.1) is 0 Å². The predicted octanol–water partition coefficient (Wildman–Crippen LogP) is 3.16. The summed E-state index contributed by atoms with van der Waals surface area (Å²) in [4.78, 5) is 10.7. The maximum Gasteiger partial charge on any atom is 0.341 e. The Morgan fingerprint density at radius 1 is 1.17 bits per heavy atom. The van der Waals surface area contributed by atoms with Crippen molar-refractivity contribution >= 4 is 17.6 Å². The van der Waals surface area contributed by atoms with Crippen molar-refractivity contribution in [1.82, 2.24) is 5.32 Å². The second-order valence-electron chi connectivity index (χ2n) is 6.53. The number of aliphatic carboxylic acids is 1. The number of hydrogen-bond donors (Lipinski definition) is 4. The summed E-state index contributed by atoms with van der Waals surface area (Å²) in [6.07, 6.45) is -0.151. The molecule has 2 atom stereocenters. The maximum absolute atomic E-state index is 10.7. The van der Waals surface area contributed by atoms with E-state index in [9.17, 15) is 15.0 Å². The van der Waals surface area contributed by atoms with E-state index in [0.29, 0.717) is 35.9 Å². The second kappa shape index (κ2) is 10.9. The molecule has 29 heavy (non-hydrogen) atoms. The summed E-state index contributed by atoms with van der Waals surface area (Å²) >= 11 is 6.32. The van der Waals surface area contributed by atoms with Gasteiger partial charge in [0, 0.05) is 17.1 Å². The normalized spacial score (nSPS) is 13.0. The lowest BCUT2D eigenvalue weighted by Crippen LogP contribution is -2.33. The fourth-order valence-corrected chi connectivity index (χ4v) is 3.04. The molecule has 0 heterocycles. The Kier molecular flexibility index (Phi) is 8.57. The van der Waals surface area contributed by atoms with Crippen LogP contribution in [0.15, 0.2) is 36.4 Å². The third-order valence-corrected chi connectivity index (χ3v) is 4.68. The van der Waals surface area contributed by atoms with Gasteiger partial charge in [0.2, 0.25) is 0 Å². The number of phenolic OH excluding ortho intramolecular Hbond substituents is 1. The Hall–Kier alpha value is -2.48. The zero-order valence-corrected chi connectivity index (χ0v) is 17.1. The van der Waals surface area contributed by atoms with Crippen molar-refractivity contribution in [2.24, 2.45) is 0 Å². The molecule has 2 aromatic carbocycles. The van der Waals surface area contributed by atoms with E-state index in [0.717, 1.165) is 5.56 Å². The number of benzene rings is 2. The number of aromatic hydroxyl groups is 1. The van der Waals surface area contributed by atoms with Crippen molar-refractivity contribution in [3.8, 4) is 17.2 Å². The molecule has 0 aliphatic heterocycles. The van der Waals surface area contributed by atoms with E-state index in [4.69, 9.17) is 26.2 Å². The van der Waals surface area contributed by atoms with Gasteiger partial charge in [-0.2, -0.15) is 0 Å². The Morgan fingerprint density at radius 2 is 1.83 bits per heavy atom. The average molecular weight is 424 g/mol. The van der Waals surface area contributed by atoms with Gasteiger partial charge in [0.05, 0.1) is 12.7 Å². The number of halogens is 1. The van der Waals surface area contributed by atoms with Crippen LogP contribution in [0.1, 0.15) is 31.1 Å². The predicted molar refractivity (Wildman–Crippen MR) is 110 cm³/mol. The van der Waals surface area contributed by atoms with Crippen LogP contribution < -0.4 is 14.8 Å². The third-order valence-electron chi connectivity index (χ3n) is 4.33. The van der Waals surface area contributed by atoms with E-state index in [1.807, 2.05) is 13.8 Å². The zero-order chi connectivity index (χ0) is 21.4. The van der Waals surface area contributed by atoms with Crippen LogP contribution in [0.3, 0.4) is 0 Å². The number of aliphatic hydroxyl groups is 1. The van der Waals surface area contributed by atoms with Crippen LogP contribution in [0.4, 0.5) is 0 Å². The van der Waals surface area contributed by atoms with Crippen LogP contribution in [0.5, 0.6) is 17.2 Å². The van der Waals surface area contributed by atoms with Gasteiger partial charge in [-0.15, -0.1) is 0 Å². The first-order valence-electron chi connectivity index (χ1n) is 9.32. The first-order valence-corrected chi connectivity index (χ1v) is 9.69. The Bertz CT molecular complexity index is 812. The first kappa shape index (κ1) is 22.8. The molecular formula is C21H26ClNO6. The molecule has 2 rings (SSSR count). The van der Waals surface area contributed by atoms with E-state index < -0.39 is 18.7 Å². The molecule has 0 aromatic heterocycles. The highest BCUT2D eigenvalue weighted by Crippen LogP contribution is 2.34. The number of carbonyl (C=O) groups is 1. The monoisotopic (exact) mass is 423 g/mol. The zero-order valence-electron chi connectivity index (χ0n) is 16.4. The Labute approximate surface area is 174 Å². The lowest BCUT2D eigenvalue weighted by molar-refractivity contribution is -0.139. The van der Waals surface area contributed by atoms with Crippen molar-refractivity contribution in [2.45, 2.75) is 32.4 Å². The number of nitrogens with one attached hydrogen (secondary N) is 1. The quantitative estimate of drug-likeness (QED) is 0.439. The van der Waals surface area contributed by atoms with Gasteiger partial charge in [-0.25, -0.2) is 4.79 Å². The maximum atomic E-state index is 10.7. The van der Waals surface area contributed by atoms with Gasteiger partial charge in [-0.05, 0) is 56.1 Å². The minimum atomic E-state index is -1.09. The van der Waals surface area contributed by atoms with Crippen molar-refractivity contribution in [3.63, 3.8) is 0 Å². The molecule has 4 N–H and O–H groups in total. The number of ether oxygens (including phenoxy) is 2. The highest BCUT2D eigenvalue weighted by molar-refractivity contribution is 6.31. The molecule has 0 saturated carbocycles. The number of carboxylic acids is 1. The van der Waals surface area contributed by atoms with E-state index >= 15 is 0 Å². The molecule has 0 fully saturated rings. The highest BCUT2D eigenvalue weighted by Gasteiger charge is 2.17. The molecule has 0 amide bonds. The molecule has 2 aromatic rings. The molecule has 0 aliphatic rings. The molecule has 0 saturated heterocycles. The van der Waals surface area contributed by atoms with Gasteiger partial charge in [0.15, 0.2) is 18.1 Å². The number of hydrogen-bond acceptors (Lipinski definition) is 6. The second-order valence-corrected chi connectivity index (χ2v) is 6.94. The summed E-state index contributed by atoms with van der Waals surface area (Å²) in [6, 6.07) is 9.51. The Balaban J connectivity index is 1.99. The summed E-state index contributed by atoms with van der Waals surface area (Å²) in [5.41, 5.74) is 1.52. The summed E-state index contributed by atoms with van der Waals surface area (Å²) in [5, 5.41) is 32.3. The molecule has 0 aliphatic carbocycles. The topological polar surface area (TPSA) is 108 Å². The molecule has 0 unspecified atom stereocenters. The van der Waals surface area contributed by atoms with Crippen LogP contribution in [0.25, 0.3) is 0 Å². The molecule has 8 heteroatoms. The molecule has 0 bridgehead atoms. The molecule has 158 valence electrons. The highest BCUT2D eigenvalue weighted by atomic mass is 35.5. The molecule has 0 spiro atoms. The summed E-state index contributed by atoms with van der Waals surface area (Å²) in [6.45, 7) is 4.16. The third kappa shape index (κ3) is 6.81. The molecule has 7 nitrogen and oxygen atoms in total. The minimum absolute atomic E-state index is 0.150. The van der Waals surface area contributed by atoms with E-state index in [1.54, 1.807) is 24.3 Å². The average Bonchev–Trinajstić information content (AvgIpc) is 2.69. The van der Waals surface area contributed by atoms with Crippen molar-refractivity contribution < 1.29 is 29.6 Å². The number of aliphatic hydroxyl groups excluding tert-OH is 1. The van der Waals surface area contributed by atoms with Gasteiger partial charge in [0.1, 0.15) is 5.75 Å². The van der Waals surface area contributed by atoms with Gasteiger partial charge in [-0.3, -0.25) is 0 Å². The van der Waals surface area contributed by atoms with Gasteiger partial charge >= 0.3 is 5.97 Å². The van der Waals surface area contributed by atoms with Crippen molar-refractivity contribution in [1.29, 1.82) is 0 Å². The van der Waals surface area contributed by atoms with Crippen LogP contribution in [-0.2, 0) is 11.2 Å². The SMILES string of the molecule is CCOc1cc(CCN[C@@H](C)[C@@H](O)c2ccc(O)cc2)c(Cl)cc1OCC(=O)O. The smallest absolute Gasteiger partial charge is 0.341 e. The number of rotatable bonds is 11. The largest absolute Gasteiger partial charge is 0.508 e. The number of phenols is 1. The van der Waals surface area contributed by atoms with Gasteiger partial charge in [0.25, 0.3) is 0 Å². The van der Waals surface area contributed by atoms with Gasteiger partial charge in [-0.1, -0.05) is 23.7 Å². The van der Waals surface area contributed by atoms with Crippen LogP contribution in [0.2, 0.25) is 5.02 Å². The fourth-order valence-electron chi connectivity index (χ4n) is 2.80. The standard InChI is InChI=1S/C21H26ClNO6/c1-3-28-18-10-15(17(22)11-19(18)29-12-20(25)26)8-9-23-13(2)21(27)14-4-6-16(24)7-5-14/h4-7,10-11,13,21,23-24,27H,3,8-9,12H2,1-2H3,(H,25,26)/t13-,21+/m0/s1. The lowest BCUT2D eigenvalue weighted by atomic mass is 10.0. The van der Waals surface area contributed by atoms with Crippen LogP contribution >= 0.6 is 11.6 Å². The van der Waals surface area contributed by atoms with E-state index in [-0.39, 0.29) is 17.5 Å². The number of carboxylic acid groups (broad SMARTS) is 1. The van der Waals surface area contributed by atoms with Gasteiger partial charge < -0.3 is 30.1 Å². The fraction of sp³-hybridized carbons (Fsp3) is 0.381. The minimum Gasteiger partial charge on any atom is -0.508 e.